The van der Waals surface area contributed by atoms with Gasteiger partial charge in [0.05, 0.1) is 4.47 Å². The minimum absolute atomic E-state index is 0.602. The van der Waals surface area contributed by atoms with Gasteiger partial charge in [-0.25, -0.2) is 9.97 Å². The van der Waals surface area contributed by atoms with Crippen molar-refractivity contribution in [1.82, 2.24) is 9.97 Å². The van der Waals surface area contributed by atoms with Crippen molar-refractivity contribution in [1.29, 1.82) is 0 Å². The van der Waals surface area contributed by atoms with Crippen molar-refractivity contribution < 1.29 is 0 Å². The summed E-state index contributed by atoms with van der Waals surface area (Å²) in [5, 5.41) is 0. The first-order valence-corrected chi connectivity index (χ1v) is 6.66. The molecule has 0 radical (unpaired) electrons. The Kier molecular flexibility index (Phi) is 3.79. The van der Waals surface area contributed by atoms with E-state index in [9.17, 15) is 0 Å². The van der Waals surface area contributed by atoms with E-state index < -0.39 is 0 Å². The zero-order valence-electron chi connectivity index (χ0n) is 9.86. The van der Waals surface area contributed by atoms with Gasteiger partial charge in [-0.3, -0.25) is 0 Å². The molecule has 0 spiro atoms. The second-order valence-corrected chi connectivity index (χ2v) is 5.65. The van der Waals surface area contributed by atoms with Gasteiger partial charge in [-0.1, -0.05) is 19.8 Å². The van der Waals surface area contributed by atoms with Crippen LogP contribution in [0, 0.1) is 5.92 Å². The molecule has 0 amide bonds. The molecule has 1 saturated carbocycles. The third-order valence-corrected chi connectivity index (χ3v) is 3.79. The van der Waals surface area contributed by atoms with Crippen molar-refractivity contribution in [3.05, 3.63) is 16.9 Å². The molecule has 4 heteroatoms. The Balaban J connectivity index is 2.06. The highest BCUT2D eigenvalue weighted by Crippen LogP contribution is 2.28. The largest absolute Gasteiger partial charge is 0.341 e. The molecule has 1 heterocycles. The number of halogens is 1. The molecular formula is C12H18BrN3. The second-order valence-electron chi connectivity index (χ2n) is 4.74. The number of rotatable bonds is 2. The highest BCUT2D eigenvalue weighted by atomic mass is 79.9. The number of aromatic nitrogens is 2. The van der Waals surface area contributed by atoms with Crippen molar-refractivity contribution in [2.45, 2.75) is 38.6 Å². The van der Waals surface area contributed by atoms with Crippen LogP contribution in [0.5, 0.6) is 0 Å². The summed E-state index contributed by atoms with van der Waals surface area (Å²) < 4.78 is 0.932. The first-order chi connectivity index (χ1) is 7.66. The molecule has 3 nitrogen and oxygen atoms in total. The normalized spacial score (nSPS) is 25.4. The first-order valence-electron chi connectivity index (χ1n) is 5.87. The molecule has 16 heavy (non-hydrogen) atoms. The van der Waals surface area contributed by atoms with Crippen LogP contribution in [0.1, 0.15) is 32.6 Å². The predicted molar refractivity (Wildman–Crippen MR) is 69.6 cm³/mol. The molecule has 2 unspecified atom stereocenters. The number of nitrogens with zero attached hydrogens (tertiary/aromatic N) is 3. The fraction of sp³-hybridized carbons (Fsp3) is 0.667. The van der Waals surface area contributed by atoms with Crippen LogP contribution in [0.2, 0.25) is 0 Å². The van der Waals surface area contributed by atoms with Crippen molar-refractivity contribution in [3.8, 4) is 0 Å². The van der Waals surface area contributed by atoms with Gasteiger partial charge in [-0.2, -0.15) is 0 Å². The van der Waals surface area contributed by atoms with Crippen LogP contribution >= 0.6 is 15.9 Å². The van der Waals surface area contributed by atoms with Gasteiger partial charge in [-0.05, 0) is 34.7 Å². The van der Waals surface area contributed by atoms with Gasteiger partial charge in [0.25, 0.3) is 0 Å². The van der Waals surface area contributed by atoms with Gasteiger partial charge in [-0.15, -0.1) is 0 Å². The molecule has 0 N–H and O–H groups in total. The minimum atomic E-state index is 0.602. The maximum absolute atomic E-state index is 4.35. The Bertz CT molecular complexity index is 339. The Labute approximate surface area is 105 Å². The summed E-state index contributed by atoms with van der Waals surface area (Å²) >= 11 is 3.36. The Morgan fingerprint density at radius 1 is 1.31 bits per heavy atom. The zero-order valence-corrected chi connectivity index (χ0v) is 11.4. The molecule has 1 aromatic rings. The lowest BCUT2D eigenvalue weighted by Gasteiger charge is -2.34. The Morgan fingerprint density at radius 3 is 2.62 bits per heavy atom. The van der Waals surface area contributed by atoms with Crippen LogP contribution in [0.3, 0.4) is 0 Å². The fourth-order valence-electron chi connectivity index (χ4n) is 2.40. The second kappa shape index (κ2) is 5.13. The molecular weight excluding hydrogens is 266 g/mol. The highest BCUT2D eigenvalue weighted by Gasteiger charge is 2.23. The lowest BCUT2D eigenvalue weighted by Crippen LogP contribution is -2.36. The summed E-state index contributed by atoms with van der Waals surface area (Å²) in [6, 6.07) is 0.602. The summed E-state index contributed by atoms with van der Waals surface area (Å²) in [5.41, 5.74) is 0. The van der Waals surface area contributed by atoms with E-state index in [4.69, 9.17) is 0 Å². The van der Waals surface area contributed by atoms with Gasteiger partial charge < -0.3 is 4.90 Å². The standard InChI is InChI=1S/C12H18BrN3/c1-9-4-3-5-11(6-9)16(2)12-14-7-10(13)8-15-12/h7-9,11H,3-6H2,1-2H3. The van der Waals surface area contributed by atoms with Crippen LogP contribution in [-0.2, 0) is 0 Å². The molecule has 0 saturated heterocycles. The minimum Gasteiger partial charge on any atom is -0.341 e. The van der Waals surface area contributed by atoms with Crippen LogP contribution in [0.15, 0.2) is 16.9 Å². The van der Waals surface area contributed by atoms with E-state index in [1.54, 1.807) is 0 Å². The van der Waals surface area contributed by atoms with E-state index in [-0.39, 0.29) is 0 Å². The van der Waals surface area contributed by atoms with Gasteiger partial charge >= 0.3 is 0 Å². The molecule has 1 fully saturated rings. The molecule has 2 atom stereocenters. The summed E-state index contributed by atoms with van der Waals surface area (Å²) in [5.74, 6) is 1.67. The molecule has 0 aromatic carbocycles. The van der Waals surface area contributed by atoms with Gasteiger partial charge in [0.1, 0.15) is 0 Å². The maximum Gasteiger partial charge on any atom is 0.225 e. The summed E-state index contributed by atoms with van der Waals surface area (Å²) in [6.07, 6.45) is 8.84. The van der Waals surface area contributed by atoms with Crippen molar-refractivity contribution in [3.63, 3.8) is 0 Å². The number of anilines is 1. The van der Waals surface area contributed by atoms with Gasteiger partial charge in [0.2, 0.25) is 5.95 Å². The molecule has 1 aliphatic carbocycles. The fourth-order valence-corrected chi connectivity index (χ4v) is 2.61. The van der Waals surface area contributed by atoms with Crippen molar-refractivity contribution in [2.24, 2.45) is 5.92 Å². The topological polar surface area (TPSA) is 29.0 Å². The van der Waals surface area contributed by atoms with Crippen LogP contribution in [0.25, 0.3) is 0 Å². The number of hydrogen-bond donors (Lipinski definition) is 0. The smallest absolute Gasteiger partial charge is 0.225 e. The van der Waals surface area contributed by atoms with Crippen molar-refractivity contribution >= 4 is 21.9 Å². The van der Waals surface area contributed by atoms with E-state index in [1.165, 1.54) is 25.7 Å². The van der Waals surface area contributed by atoms with E-state index in [0.29, 0.717) is 6.04 Å². The average Bonchev–Trinajstić information content (AvgIpc) is 2.29. The number of hydrogen-bond acceptors (Lipinski definition) is 3. The van der Waals surface area contributed by atoms with E-state index >= 15 is 0 Å². The molecule has 0 aliphatic heterocycles. The summed E-state index contributed by atoms with van der Waals surface area (Å²) in [6.45, 7) is 2.34. The van der Waals surface area contributed by atoms with E-state index in [2.05, 4.69) is 44.8 Å². The van der Waals surface area contributed by atoms with Gasteiger partial charge in [0, 0.05) is 25.5 Å². The molecule has 1 aliphatic rings. The Morgan fingerprint density at radius 2 is 2.00 bits per heavy atom. The SMILES string of the molecule is CC1CCCC(N(C)c2ncc(Br)cn2)C1. The molecule has 2 rings (SSSR count). The van der Waals surface area contributed by atoms with Crippen LogP contribution in [-0.4, -0.2) is 23.1 Å². The third kappa shape index (κ3) is 2.73. The lowest BCUT2D eigenvalue weighted by molar-refractivity contribution is 0.334. The third-order valence-electron chi connectivity index (χ3n) is 3.38. The molecule has 0 bridgehead atoms. The lowest BCUT2D eigenvalue weighted by atomic mass is 9.86. The first kappa shape index (κ1) is 11.8. The van der Waals surface area contributed by atoms with E-state index in [1.807, 2.05) is 12.4 Å². The average molecular weight is 284 g/mol. The molecule has 1 aromatic heterocycles. The molecule has 88 valence electrons. The quantitative estimate of drug-likeness (QED) is 0.834. The van der Waals surface area contributed by atoms with Crippen molar-refractivity contribution in [2.75, 3.05) is 11.9 Å². The van der Waals surface area contributed by atoms with Gasteiger partial charge in [0.15, 0.2) is 0 Å². The maximum atomic E-state index is 4.35. The van der Waals surface area contributed by atoms with Crippen LogP contribution < -0.4 is 4.90 Å². The monoisotopic (exact) mass is 283 g/mol. The highest BCUT2D eigenvalue weighted by molar-refractivity contribution is 9.10. The predicted octanol–water partition coefficient (Wildman–Crippen LogP) is 3.25. The summed E-state index contributed by atoms with van der Waals surface area (Å²) in [7, 11) is 2.10. The van der Waals surface area contributed by atoms with E-state index in [0.717, 1.165) is 16.3 Å². The Hall–Kier alpha value is -0.640. The zero-order chi connectivity index (χ0) is 11.5. The van der Waals surface area contributed by atoms with Crippen LogP contribution in [0.4, 0.5) is 5.95 Å². The summed E-state index contributed by atoms with van der Waals surface area (Å²) in [4.78, 5) is 10.9.